The van der Waals surface area contributed by atoms with Crippen LogP contribution in [0.5, 0.6) is 0 Å². The second-order valence-electron chi connectivity index (χ2n) is 7.56. The Balaban J connectivity index is 1.96. The van der Waals surface area contributed by atoms with Gasteiger partial charge in [0, 0.05) is 33.2 Å². The molecule has 5 nitrogen and oxygen atoms in total. The molecule has 0 unspecified atom stereocenters. The first-order valence-corrected chi connectivity index (χ1v) is 8.22. The summed E-state index contributed by atoms with van der Waals surface area (Å²) < 4.78 is 38.3. The fraction of sp³-hybridized carbons (Fsp3) is 0.938. The van der Waals surface area contributed by atoms with Crippen molar-refractivity contribution < 1.29 is 23.0 Å². The van der Waals surface area contributed by atoms with Crippen LogP contribution in [0.3, 0.4) is 0 Å². The summed E-state index contributed by atoms with van der Waals surface area (Å²) in [6, 6.07) is -0.501. The number of carbonyl (C=O) groups is 1. The molecule has 2 fully saturated rings. The van der Waals surface area contributed by atoms with Crippen LogP contribution < -0.4 is 0 Å². The van der Waals surface area contributed by atoms with Gasteiger partial charge in [0.15, 0.2) is 0 Å². The normalized spacial score (nSPS) is 26.5. The molecule has 2 heterocycles. The molecule has 2 rings (SSSR count). The first-order chi connectivity index (χ1) is 10.6. The van der Waals surface area contributed by atoms with Crippen LogP contribution in [-0.2, 0) is 9.47 Å². The van der Waals surface area contributed by atoms with Crippen molar-refractivity contribution in [2.75, 3.05) is 33.3 Å². The highest BCUT2D eigenvalue weighted by Gasteiger charge is 2.48. The molecule has 0 aromatic heterocycles. The number of alkyl halides is 2. The van der Waals surface area contributed by atoms with Crippen molar-refractivity contribution in [1.82, 2.24) is 9.80 Å². The van der Waals surface area contributed by atoms with Crippen LogP contribution in [0.1, 0.15) is 40.0 Å². The second-order valence-corrected chi connectivity index (χ2v) is 7.56. The van der Waals surface area contributed by atoms with Gasteiger partial charge < -0.3 is 14.4 Å². The standard InChI is InChI=1S/C16H28F2N2O3/c1-15(2,3)23-14(21)20-11-16(17,18)9-12(20)10-19-7-5-13(22-4)6-8-19/h12-13H,5-11H2,1-4H3/t12-/m0/s1. The van der Waals surface area contributed by atoms with E-state index in [9.17, 15) is 13.6 Å². The Bertz CT molecular complexity index is 418. The number of nitrogens with zero attached hydrogens (tertiary/aromatic N) is 2. The maximum Gasteiger partial charge on any atom is 0.410 e. The molecule has 2 saturated heterocycles. The number of rotatable bonds is 3. The van der Waals surface area contributed by atoms with Crippen molar-refractivity contribution in [1.29, 1.82) is 0 Å². The average Bonchev–Trinajstić information content (AvgIpc) is 2.73. The summed E-state index contributed by atoms with van der Waals surface area (Å²) in [7, 11) is 1.70. The third-order valence-corrected chi connectivity index (χ3v) is 4.34. The third-order valence-electron chi connectivity index (χ3n) is 4.34. The molecule has 0 radical (unpaired) electrons. The lowest BCUT2D eigenvalue weighted by Crippen LogP contribution is -2.47. The van der Waals surface area contributed by atoms with Gasteiger partial charge >= 0.3 is 6.09 Å². The van der Waals surface area contributed by atoms with E-state index in [1.165, 1.54) is 4.90 Å². The molecule has 1 atom stereocenters. The van der Waals surface area contributed by atoms with Gasteiger partial charge in [0.05, 0.1) is 18.7 Å². The van der Waals surface area contributed by atoms with Crippen LogP contribution in [0.2, 0.25) is 0 Å². The van der Waals surface area contributed by atoms with Crippen LogP contribution in [-0.4, -0.2) is 72.9 Å². The highest BCUT2D eigenvalue weighted by Crippen LogP contribution is 2.34. The number of methoxy groups -OCH3 is 1. The van der Waals surface area contributed by atoms with E-state index in [1.54, 1.807) is 27.9 Å². The molecule has 0 aromatic carbocycles. The van der Waals surface area contributed by atoms with E-state index >= 15 is 0 Å². The van der Waals surface area contributed by atoms with Gasteiger partial charge in [-0.25, -0.2) is 13.6 Å². The molecule has 23 heavy (non-hydrogen) atoms. The van der Waals surface area contributed by atoms with Crippen LogP contribution >= 0.6 is 0 Å². The van der Waals surface area contributed by atoms with Crippen molar-refractivity contribution >= 4 is 6.09 Å². The number of ether oxygens (including phenoxy) is 2. The van der Waals surface area contributed by atoms with Crippen LogP contribution in [0.25, 0.3) is 0 Å². The van der Waals surface area contributed by atoms with Crippen molar-refractivity contribution in [2.24, 2.45) is 0 Å². The maximum absolute atomic E-state index is 13.8. The molecule has 2 aliphatic heterocycles. The summed E-state index contributed by atoms with van der Waals surface area (Å²) in [5, 5.41) is 0. The summed E-state index contributed by atoms with van der Waals surface area (Å²) in [6.45, 7) is 6.74. The van der Waals surface area contributed by atoms with Gasteiger partial charge in [0.1, 0.15) is 5.60 Å². The van der Waals surface area contributed by atoms with E-state index in [1.807, 2.05) is 0 Å². The average molecular weight is 334 g/mol. The molecule has 0 aromatic rings. The molecule has 0 spiro atoms. The summed E-state index contributed by atoms with van der Waals surface area (Å²) >= 11 is 0. The third kappa shape index (κ3) is 5.28. The monoisotopic (exact) mass is 334 g/mol. The largest absolute Gasteiger partial charge is 0.444 e. The highest BCUT2D eigenvalue weighted by molar-refractivity contribution is 5.69. The number of piperidine rings is 1. The number of hydrogen-bond donors (Lipinski definition) is 0. The van der Waals surface area contributed by atoms with Gasteiger partial charge in [-0.1, -0.05) is 0 Å². The number of carbonyl (C=O) groups excluding carboxylic acids is 1. The van der Waals surface area contributed by atoms with Crippen molar-refractivity contribution in [3.05, 3.63) is 0 Å². The van der Waals surface area contributed by atoms with Gasteiger partial charge in [0.2, 0.25) is 0 Å². The molecule has 0 aliphatic carbocycles. The predicted octanol–water partition coefficient (Wildman–Crippen LogP) is 2.74. The minimum Gasteiger partial charge on any atom is -0.444 e. The fourth-order valence-electron chi connectivity index (χ4n) is 3.22. The zero-order valence-corrected chi connectivity index (χ0v) is 14.5. The maximum atomic E-state index is 13.8. The highest BCUT2D eigenvalue weighted by atomic mass is 19.3. The van der Waals surface area contributed by atoms with Crippen LogP contribution in [0, 0.1) is 0 Å². The van der Waals surface area contributed by atoms with E-state index in [2.05, 4.69) is 4.90 Å². The number of hydrogen-bond acceptors (Lipinski definition) is 4. The molecule has 1 amide bonds. The Labute approximate surface area is 136 Å². The molecule has 134 valence electrons. The first-order valence-electron chi connectivity index (χ1n) is 8.22. The van der Waals surface area contributed by atoms with E-state index in [-0.39, 0.29) is 12.5 Å². The Hall–Kier alpha value is -0.950. The van der Waals surface area contributed by atoms with Gasteiger partial charge in [-0.3, -0.25) is 4.90 Å². The summed E-state index contributed by atoms with van der Waals surface area (Å²) in [6.07, 6.45) is 1.10. The van der Waals surface area contributed by atoms with E-state index in [0.29, 0.717) is 6.54 Å². The molecular weight excluding hydrogens is 306 g/mol. The van der Waals surface area contributed by atoms with E-state index < -0.39 is 30.2 Å². The fourth-order valence-corrected chi connectivity index (χ4v) is 3.22. The van der Waals surface area contributed by atoms with Crippen molar-refractivity contribution in [3.8, 4) is 0 Å². The lowest BCUT2D eigenvalue weighted by molar-refractivity contribution is -0.00313. The van der Waals surface area contributed by atoms with E-state index in [4.69, 9.17) is 9.47 Å². The zero-order valence-electron chi connectivity index (χ0n) is 14.5. The van der Waals surface area contributed by atoms with Crippen molar-refractivity contribution in [3.63, 3.8) is 0 Å². The smallest absolute Gasteiger partial charge is 0.410 e. The Morgan fingerprint density at radius 3 is 2.39 bits per heavy atom. The quantitative estimate of drug-likeness (QED) is 0.796. The minimum absolute atomic E-state index is 0.248. The molecule has 2 aliphatic rings. The molecule has 0 saturated carbocycles. The van der Waals surface area contributed by atoms with Gasteiger partial charge in [-0.05, 0) is 33.6 Å². The lowest BCUT2D eigenvalue weighted by Gasteiger charge is -2.35. The van der Waals surface area contributed by atoms with Gasteiger partial charge in [0.25, 0.3) is 5.92 Å². The Morgan fingerprint density at radius 1 is 1.26 bits per heavy atom. The Morgan fingerprint density at radius 2 is 1.87 bits per heavy atom. The predicted molar refractivity (Wildman–Crippen MR) is 82.8 cm³/mol. The molecule has 0 bridgehead atoms. The lowest BCUT2D eigenvalue weighted by atomic mass is 10.1. The van der Waals surface area contributed by atoms with Crippen LogP contribution in [0.15, 0.2) is 0 Å². The summed E-state index contributed by atoms with van der Waals surface area (Å²) in [5.74, 6) is -2.84. The molecule has 0 N–H and O–H groups in total. The molecular formula is C16H28F2N2O3. The zero-order chi connectivity index (χ0) is 17.3. The first kappa shape index (κ1) is 18.4. The molecule has 7 heteroatoms. The summed E-state index contributed by atoms with van der Waals surface area (Å²) in [4.78, 5) is 15.6. The van der Waals surface area contributed by atoms with Crippen LogP contribution in [0.4, 0.5) is 13.6 Å². The number of amides is 1. The topological polar surface area (TPSA) is 42.0 Å². The Kier molecular flexibility index (Phi) is 5.51. The number of likely N-dealkylation sites (tertiary alicyclic amines) is 2. The SMILES string of the molecule is COC1CCN(C[C@@H]2CC(F)(F)CN2C(=O)OC(C)(C)C)CC1. The number of halogens is 2. The second kappa shape index (κ2) is 6.89. The summed E-state index contributed by atoms with van der Waals surface area (Å²) in [5.41, 5.74) is -0.684. The van der Waals surface area contributed by atoms with E-state index in [0.717, 1.165) is 25.9 Å². The van der Waals surface area contributed by atoms with Gasteiger partial charge in [-0.2, -0.15) is 0 Å². The van der Waals surface area contributed by atoms with Gasteiger partial charge in [-0.15, -0.1) is 0 Å². The van der Waals surface area contributed by atoms with Crippen molar-refractivity contribution in [2.45, 2.75) is 63.7 Å². The minimum atomic E-state index is -2.84.